The van der Waals surface area contributed by atoms with Crippen molar-refractivity contribution in [1.29, 1.82) is 0 Å². The highest BCUT2D eigenvalue weighted by Gasteiger charge is 2.34. The minimum atomic E-state index is -0.937. The molecular formula is C18H25N5O2. The lowest BCUT2D eigenvalue weighted by molar-refractivity contribution is -0.123. The third kappa shape index (κ3) is 4.36. The Kier molecular flexibility index (Phi) is 5.33. The number of piperidine rings is 1. The van der Waals surface area contributed by atoms with Crippen LogP contribution in [0, 0.1) is 0 Å². The maximum absolute atomic E-state index is 12.2. The average Bonchev–Trinajstić information content (AvgIpc) is 3.08. The molecule has 25 heavy (non-hydrogen) atoms. The zero-order valence-electron chi connectivity index (χ0n) is 14.6. The molecule has 0 aliphatic carbocycles. The van der Waals surface area contributed by atoms with E-state index in [4.69, 9.17) is 0 Å². The van der Waals surface area contributed by atoms with Crippen LogP contribution in [0.1, 0.15) is 25.6 Å². The van der Waals surface area contributed by atoms with Gasteiger partial charge in [0.05, 0.1) is 5.60 Å². The van der Waals surface area contributed by atoms with Gasteiger partial charge in [-0.1, -0.05) is 13.0 Å². The first-order chi connectivity index (χ1) is 12.1. The molecule has 0 saturated carbocycles. The number of carbonyl (C=O) groups is 1. The maximum atomic E-state index is 12.2. The molecular weight excluding hydrogens is 318 g/mol. The number of amides is 1. The van der Waals surface area contributed by atoms with E-state index in [9.17, 15) is 9.90 Å². The molecule has 0 unspecified atom stereocenters. The predicted molar refractivity (Wildman–Crippen MR) is 95.2 cm³/mol. The number of aryl methyl sites for hydroxylation is 1. The molecule has 134 valence electrons. The van der Waals surface area contributed by atoms with Crippen LogP contribution in [0.4, 0.5) is 5.82 Å². The molecule has 7 nitrogen and oxygen atoms in total. The molecule has 3 heterocycles. The van der Waals surface area contributed by atoms with Crippen LogP contribution in [0.2, 0.25) is 0 Å². The number of nitrogens with one attached hydrogen (secondary N) is 1. The third-order valence-corrected chi connectivity index (χ3v) is 4.58. The molecule has 3 rings (SSSR count). The summed E-state index contributed by atoms with van der Waals surface area (Å²) in [6.45, 7) is 3.81. The molecule has 1 atom stereocenters. The Morgan fingerprint density at radius 1 is 1.36 bits per heavy atom. The van der Waals surface area contributed by atoms with Gasteiger partial charge in [-0.05, 0) is 25.0 Å². The summed E-state index contributed by atoms with van der Waals surface area (Å²) in [4.78, 5) is 22.9. The summed E-state index contributed by atoms with van der Waals surface area (Å²) in [5.74, 6) is 1.63. The number of hydrogen-bond donors (Lipinski definition) is 2. The smallest absolute Gasteiger partial charge is 0.240 e. The standard InChI is InChI=1S/C18H25N5O2/c1-2-15-20-9-11-22(15)12-17(24)21-13-18(25)7-5-10-23(14-18)16-6-3-4-8-19-16/h3-4,6,8-9,11,25H,2,5,7,10,12-14H2,1H3,(H,21,24)/t18-/m1/s1. The number of aromatic nitrogens is 3. The normalized spacial score (nSPS) is 20.5. The second kappa shape index (κ2) is 7.65. The van der Waals surface area contributed by atoms with Crippen LogP contribution in [0.3, 0.4) is 0 Å². The maximum Gasteiger partial charge on any atom is 0.240 e. The van der Waals surface area contributed by atoms with Gasteiger partial charge in [0, 0.05) is 44.6 Å². The van der Waals surface area contributed by atoms with Crippen LogP contribution in [0.15, 0.2) is 36.8 Å². The Bertz CT molecular complexity index is 703. The molecule has 0 bridgehead atoms. The highest BCUT2D eigenvalue weighted by atomic mass is 16.3. The van der Waals surface area contributed by atoms with Crippen LogP contribution in [0.25, 0.3) is 0 Å². The predicted octanol–water partition coefficient (Wildman–Crippen LogP) is 0.988. The van der Waals surface area contributed by atoms with Gasteiger partial charge in [0.1, 0.15) is 18.2 Å². The Morgan fingerprint density at radius 2 is 2.24 bits per heavy atom. The minimum absolute atomic E-state index is 0.115. The third-order valence-electron chi connectivity index (χ3n) is 4.58. The average molecular weight is 343 g/mol. The summed E-state index contributed by atoms with van der Waals surface area (Å²) in [6.07, 6.45) is 7.57. The van der Waals surface area contributed by atoms with Crippen LogP contribution in [-0.4, -0.2) is 50.8 Å². The first-order valence-electron chi connectivity index (χ1n) is 8.75. The van der Waals surface area contributed by atoms with Crippen molar-refractivity contribution in [2.24, 2.45) is 0 Å². The summed E-state index contributed by atoms with van der Waals surface area (Å²) >= 11 is 0. The van der Waals surface area contributed by atoms with Gasteiger partial charge >= 0.3 is 0 Å². The zero-order chi connectivity index (χ0) is 17.7. The number of rotatable bonds is 6. The summed E-state index contributed by atoms with van der Waals surface area (Å²) in [6, 6.07) is 5.75. The molecule has 2 aromatic heterocycles. The van der Waals surface area contributed by atoms with Gasteiger partial charge in [0.15, 0.2) is 0 Å². The second-order valence-electron chi connectivity index (χ2n) is 6.54. The van der Waals surface area contributed by atoms with Crippen LogP contribution in [-0.2, 0) is 17.8 Å². The van der Waals surface area contributed by atoms with E-state index in [0.717, 1.165) is 31.0 Å². The minimum Gasteiger partial charge on any atom is -0.386 e. The molecule has 2 N–H and O–H groups in total. The number of imidazole rings is 1. The molecule has 1 aliphatic heterocycles. The summed E-state index contributed by atoms with van der Waals surface area (Å²) < 4.78 is 1.83. The van der Waals surface area contributed by atoms with E-state index in [1.165, 1.54) is 0 Å². The summed E-state index contributed by atoms with van der Waals surface area (Å²) in [7, 11) is 0. The van der Waals surface area contributed by atoms with Crippen LogP contribution >= 0.6 is 0 Å². The van der Waals surface area contributed by atoms with E-state index in [-0.39, 0.29) is 19.0 Å². The van der Waals surface area contributed by atoms with E-state index < -0.39 is 5.60 Å². The molecule has 1 amide bonds. The van der Waals surface area contributed by atoms with Gasteiger partial charge in [0.2, 0.25) is 5.91 Å². The zero-order valence-corrected chi connectivity index (χ0v) is 14.6. The highest BCUT2D eigenvalue weighted by molar-refractivity contribution is 5.75. The van der Waals surface area contributed by atoms with Gasteiger partial charge in [-0.25, -0.2) is 9.97 Å². The molecule has 2 aromatic rings. The van der Waals surface area contributed by atoms with Gasteiger partial charge < -0.3 is 19.9 Å². The Hall–Kier alpha value is -2.41. The summed E-state index contributed by atoms with van der Waals surface area (Å²) in [5, 5.41) is 13.7. The SMILES string of the molecule is CCc1nccn1CC(=O)NC[C@]1(O)CCCN(c2ccccn2)C1. The van der Waals surface area contributed by atoms with E-state index >= 15 is 0 Å². The van der Waals surface area contributed by atoms with Crippen LogP contribution in [0.5, 0.6) is 0 Å². The lowest BCUT2D eigenvalue weighted by atomic mass is 9.92. The number of anilines is 1. The Morgan fingerprint density at radius 3 is 3.00 bits per heavy atom. The fraction of sp³-hybridized carbons (Fsp3) is 0.500. The number of pyridine rings is 1. The first-order valence-corrected chi connectivity index (χ1v) is 8.75. The number of β-amino-alcohol motifs (C(OH)–C–C–N with tert-alkyl or cyclic N) is 1. The van der Waals surface area contributed by atoms with Crippen molar-refractivity contribution in [3.05, 3.63) is 42.6 Å². The Labute approximate surface area is 147 Å². The quantitative estimate of drug-likeness (QED) is 0.817. The van der Waals surface area contributed by atoms with Crippen molar-refractivity contribution in [1.82, 2.24) is 19.9 Å². The number of hydrogen-bond acceptors (Lipinski definition) is 5. The van der Waals surface area contributed by atoms with E-state index in [1.54, 1.807) is 18.6 Å². The molecule has 0 spiro atoms. The molecule has 0 radical (unpaired) electrons. The highest BCUT2D eigenvalue weighted by Crippen LogP contribution is 2.24. The Balaban J connectivity index is 1.55. The lowest BCUT2D eigenvalue weighted by Crippen LogP contribution is -2.54. The number of aliphatic hydroxyl groups is 1. The van der Waals surface area contributed by atoms with Crippen molar-refractivity contribution in [2.75, 3.05) is 24.5 Å². The summed E-state index contributed by atoms with van der Waals surface area (Å²) in [5.41, 5.74) is -0.937. The molecule has 1 fully saturated rings. The van der Waals surface area contributed by atoms with E-state index in [0.29, 0.717) is 13.0 Å². The van der Waals surface area contributed by atoms with Crippen molar-refractivity contribution >= 4 is 11.7 Å². The monoisotopic (exact) mass is 343 g/mol. The van der Waals surface area contributed by atoms with Crippen molar-refractivity contribution in [3.8, 4) is 0 Å². The molecule has 1 saturated heterocycles. The van der Waals surface area contributed by atoms with Gasteiger partial charge in [-0.3, -0.25) is 4.79 Å². The topological polar surface area (TPSA) is 83.3 Å². The molecule has 7 heteroatoms. The van der Waals surface area contributed by atoms with E-state index in [1.807, 2.05) is 29.7 Å². The molecule has 1 aliphatic rings. The number of carbonyl (C=O) groups excluding carboxylic acids is 1. The van der Waals surface area contributed by atoms with Crippen molar-refractivity contribution < 1.29 is 9.90 Å². The van der Waals surface area contributed by atoms with Crippen molar-refractivity contribution in [3.63, 3.8) is 0 Å². The molecule has 0 aromatic carbocycles. The van der Waals surface area contributed by atoms with Gasteiger partial charge in [-0.15, -0.1) is 0 Å². The fourth-order valence-electron chi connectivity index (χ4n) is 3.27. The van der Waals surface area contributed by atoms with Crippen LogP contribution < -0.4 is 10.2 Å². The largest absolute Gasteiger partial charge is 0.386 e. The van der Waals surface area contributed by atoms with Gasteiger partial charge in [-0.2, -0.15) is 0 Å². The fourth-order valence-corrected chi connectivity index (χ4v) is 3.27. The second-order valence-corrected chi connectivity index (χ2v) is 6.54. The van der Waals surface area contributed by atoms with E-state index in [2.05, 4.69) is 20.2 Å². The first kappa shape index (κ1) is 17.4. The lowest BCUT2D eigenvalue weighted by Gasteiger charge is -2.39. The number of nitrogens with zero attached hydrogens (tertiary/aromatic N) is 4. The van der Waals surface area contributed by atoms with Gasteiger partial charge in [0.25, 0.3) is 0 Å². The van der Waals surface area contributed by atoms with Crippen molar-refractivity contribution in [2.45, 2.75) is 38.3 Å².